The van der Waals surface area contributed by atoms with E-state index in [-0.39, 0.29) is 24.2 Å². The van der Waals surface area contributed by atoms with Crippen LogP contribution in [-0.4, -0.2) is 60.1 Å². The predicted molar refractivity (Wildman–Crippen MR) is 175 cm³/mol. The Morgan fingerprint density at radius 2 is 1.91 bits per heavy atom. The summed E-state index contributed by atoms with van der Waals surface area (Å²) in [5, 5.41) is 7.64. The van der Waals surface area contributed by atoms with Crippen LogP contribution in [0.15, 0.2) is 60.3 Å². The first-order valence-corrected chi connectivity index (χ1v) is 15.9. The zero-order chi connectivity index (χ0) is 30.8. The number of benzene rings is 1. The number of rotatable bonds is 10. The molecule has 5 rings (SSSR count). The molecule has 1 unspecified atom stereocenters. The first-order valence-electron chi connectivity index (χ1n) is 15.9. The van der Waals surface area contributed by atoms with E-state index in [2.05, 4.69) is 26.7 Å². The van der Waals surface area contributed by atoms with Crippen molar-refractivity contribution in [1.29, 1.82) is 0 Å². The van der Waals surface area contributed by atoms with Gasteiger partial charge in [-0.3, -0.25) is 4.79 Å². The quantitative estimate of drug-likeness (QED) is 0.215. The summed E-state index contributed by atoms with van der Waals surface area (Å²) in [4.78, 5) is 23.0. The Morgan fingerprint density at radius 1 is 1.14 bits per heavy atom. The lowest BCUT2D eigenvalue weighted by Gasteiger charge is -2.26. The number of amides is 1. The number of likely N-dealkylation sites (tertiary alicyclic amines) is 1. The minimum Gasteiger partial charge on any atom is -0.496 e. The maximum absolute atomic E-state index is 16.1. The van der Waals surface area contributed by atoms with E-state index in [1.54, 1.807) is 19.4 Å². The lowest BCUT2D eigenvalue weighted by molar-refractivity contribution is -0.129. The van der Waals surface area contributed by atoms with Crippen LogP contribution in [0, 0.1) is 0 Å². The zero-order valence-corrected chi connectivity index (χ0v) is 26.4. The fraction of sp³-hybridized carbons (Fsp3) is 0.486. The number of para-hydroxylation sites is 1. The van der Waals surface area contributed by atoms with E-state index in [1.807, 2.05) is 63.2 Å². The summed E-state index contributed by atoms with van der Waals surface area (Å²) < 4.78 is 21.7. The average molecular weight is 590 g/mol. The first kappa shape index (κ1) is 32.3. The van der Waals surface area contributed by atoms with Crippen molar-refractivity contribution < 1.29 is 13.9 Å². The van der Waals surface area contributed by atoms with Gasteiger partial charge in [0.05, 0.1) is 19.2 Å². The van der Waals surface area contributed by atoms with Crippen molar-refractivity contribution in [2.45, 2.75) is 84.2 Å². The molecule has 1 amide bonds. The highest BCUT2D eigenvalue weighted by Crippen LogP contribution is 2.36. The van der Waals surface area contributed by atoms with Crippen LogP contribution < -0.4 is 15.4 Å². The van der Waals surface area contributed by atoms with E-state index in [9.17, 15) is 4.79 Å². The van der Waals surface area contributed by atoms with Gasteiger partial charge in [-0.25, -0.2) is 9.37 Å². The molecule has 232 valence electrons. The molecule has 1 saturated carbocycles. The second-order valence-corrected chi connectivity index (χ2v) is 11.1. The Morgan fingerprint density at radius 3 is 2.60 bits per heavy atom. The van der Waals surface area contributed by atoms with Crippen LogP contribution in [-0.2, 0) is 4.79 Å². The molecule has 0 spiro atoms. The van der Waals surface area contributed by atoms with Crippen LogP contribution in [0.4, 0.5) is 4.39 Å². The van der Waals surface area contributed by atoms with E-state index in [0.29, 0.717) is 31.2 Å². The van der Waals surface area contributed by atoms with Gasteiger partial charge in [-0.2, -0.15) is 0 Å². The maximum Gasteiger partial charge on any atom is 0.228 e. The molecule has 8 heteroatoms. The van der Waals surface area contributed by atoms with Crippen LogP contribution in [0.3, 0.4) is 0 Å². The molecule has 1 saturated heterocycles. The van der Waals surface area contributed by atoms with Crippen molar-refractivity contribution in [1.82, 2.24) is 25.5 Å². The summed E-state index contributed by atoms with van der Waals surface area (Å²) in [7, 11) is 3.58. The maximum atomic E-state index is 16.1. The van der Waals surface area contributed by atoms with Crippen LogP contribution >= 0.6 is 0 Å². The van der Waals surface area contributed by atoms with Crippen molar-refractivity contribution in [2.75, 3.05) is 27.2 Å². The number of hydrogen-bond donors (Lipinski definition) is 3. The largest absolute Gasteiger partial charge is 0.496 e. The summed E-state index contributed by atoms with van der Waals surface area (Å²) in [5.41, 5.74) is 4.78. The number of pyridine rings is 1. The van der Waals surface area contributed by atoms with E-state index < -0.39 is 0 Å². The highest BCUT2D eigenvalue weighted by atomic mass is 19.1. The Kier molecular flexibility index (Phi) is 11.8. The number of aromatic amines is 1. The standard InChI is InChI=1S/C33H42FN5O2.C2H6/c1-4-22(23-16-27-28(20-37-33(27)36-19-23)26-12-8-9-13-31(26)41-3)17-29(34)30(38-24-10-6-5-7-11-24)18-32(40)39-15-14-25(21-39)35-2;1-2/h8-9,12-13,16-17,19-20,24-25,35,38H,4-7,10-11,14-15,18,21H2,1-3H3,(H,36,37);1-2H3/b22-17+,30-29-;. The number of hydrogen-bond acceptors (Lipinski definition) is 5. The van der Waals surface area contributed by atoms with E-state index in [1.165, 1.54) is 6.42 Å². The van der Waals surface area contributed by atoms with Crippen molar-refractivity contribution in [3.63, 3.8) is 0 Å². The SMILES string of the molecule is CC.CC/C(=C\C(F)=C(/CC(=O)N1CCC(NC)C1)NC1CCCCC1)c1cnc2[nH]cc(-c3ccccc3OC)c2c1. The topological polar surface area (TPSA) is 82.3 Å². The Hall–Kier alpha value is -3.65. The minimum absolute atomic E-state index is 0.0282. The van der Waals surface area contributed by atoms with E-state index in [4.69, 9.17) is 4.74 Å². The minimum atomic E-state index is -0.371. The molecule has 1 aliphatic heterocycles. The lowest BCUT2D eigenvalue weighted by Crippen LogP contribution is -2.36. The van der Waals surface area contributed by atoms with Gasteiger partial charge in [-0.1, -0.05) is 58.2 Å². The van der Waals surface area contributed by atoms with Gasteiger partial charge >= 0.3 is 0 Å². The molecular formula is C35H48FN5O2. The van der Waals surface area contributed by atoms with Gasteiger partial charge in [0.2, 0.25) is 5.91 Å². The summed E-state index contributed by atoms with van der Waals surface area (Å²) >= 11 is 0. The molecule has 1 aliphatic carbocycles. The molecule has 0 bridgehead atoms. The number of fused-ring (bicyclic) bond motifs is 1. The molecule has 1 aromatic carbocycles. The molecular weight excluding hydrogens is 541 g/mol. The van der Waals surface area contributed by atoms with Gasteiger partial charge in [-0.05, 0) is 62.1 Å². The van der Waals surface area contributed by atoms with Crippen molar-refractivity contribution in [2.24, 2.45) is 0 Å². The van der Waals surface area contributed by atoms with Gasteiger partial charge in [0.1, 0.15) is 17.2 Å². The third-order valence-corrected chi connectivity index (χ3v) is 8.53. The monoisotopic (exact) mass is 589 g/mol. The second kappa shape index (κ2) is 15.7. The number of aromatic nitrogens is 2. The van der Waals surface area contributed by atoms with E-state index >= 15 is 4.39 Å². The van der Waals surface area contributed by atoms with Gasteiger partial charge in [0.25, 0.3) is 0 Å². The van der Waals surface area contributed by atoms with Crippen LogP contribution in [0.5, 0.6) is 5.75 Å². The molecule has 43 heavy (non-hydrogen) atoms. The average Bonchev–Trinajstić information content (AvgIpc) is 3.72. The number of allylic oxidation sites excluding steroid dienone is 3. The van der Waals surface area contributed by atoms with Gasteiger partial charge in [-0.15, -0.1) is 0 Å². The zero-order valence-electron chi connectivity index (χ0n) is 26.4. The molecule has 7 nitrogen and oxygen atoms in total. The molecule has 2 fully saturated rings. The Bertz CT molecular complexity index is 1420. The number of H-pyrrole nitrogens is 1. The van der Waals surface area contributed by atoms with Crippen LogP contribution in [0.2, 0.25) is 0 Å². The number of nitrogens with one attached hydrogen (secondary N) is 3. The first-order chi connectivity index (χ1) is 21.0. The van der Waals surface area contributed by atoms with E-state index in [0.717, 1.165) is 71.2 Å². The normalized spacial score (nSPS) is 18.2. The molecule has 2 aliphatic rings. The highest BCUT2D eigenvalue weighted by Gasteiger charge is 2.27. The van der Waals surface area contributed by atoms with Gasteiger partial charge in [0, 0.05) is 54.1 Å². The third kappa shape index (κ3) is 7.85. The number of methoxy groups -OCH3 is 1. The van der Waals surface area contributed by atoms with Crippen molar-refractivity contribution in [3.05, 3.63) is 65.9 Å². The third-order valence-electron chi connectivity index (χ3n) is 8.53. The number of nitrogens with zero attached hydrogens (tertiary/aromatic N) is 2. The lowest BCUT2D eigenvalue weighted by atomic mass is 9.95. The summed E-state index contributed by atoms with van der Waals surface area (Å²) in [6.45, 7) is 7.39. The summed E-state index contributed by atoms with van der Waals surface area (Å²) in [6, 6.07) is 10.4. The number of carbonyl (C=O) groups is 1. The Balaban J connectivity index is 0.00000207. The molecule has 3 aromatic rings. The summed E-state index contributed by atoms with van der Waals surface area (Å²) in [6.07, 6.45) is 12.4. The number of likely N-dealkylation sites (N-methyl/N-ethyl adjacent to an activating group) is 1. The molecule has 3 N–H and O–H groups in total. The smallest absolute Gasteiger partial charge is 0.228 e. The fourth-order valence-corrected chi connectivity index (χ4v) is 6.08. The number of halogens is 1. The second-order valence-electron chi connectivity index (χ2n) is 11.1. The fourth-order valence-electron chi connectivity index (χ4n) is 6.08. The van der Waals surface area contributed by atoms with Gasteiger partial charge in [0.15, 0.2) is 0 Å². The molecule has 1 atom stereocenters. The molecule has 3 heterocycles. The Labute approximate surface area is 256 Å². The van der Waals surface area contributed by atoms with Crippen LogP contribution in [0.25, 0.3) is 27.7 Å². The van der Waals surface area contributed by atoms with Crippen molar-refractivity contribution >= 4 is 22.5 Å². The van der Waals surface area contributed by atoms with Gasteiger partial charge < -0.3 is 25.3 Å². The molecule has 2 aromatic heterocycles. The highest BCUT2D eigenvalue weighted by molar-refractivity contribution is 5.96. The predicted octanol–water partition coefficient (Wildman–Crippen LogP) is 7.37. The van der Waals surface area contributed by atoms with Crippen molar-refractivity contribution in [3.8, 4) is 16.9 Å². The molecule has 0 radical (unpaired) electrons. The van der Waals surface area contributed by atoms with Crippen LogP contribution in [0.1, 0.15) is 77.7 Å². The number of ether oxygens (including phenoxy) is 1. The summed E-state index contributed by atoms with van der Waals surface area (Å²) in [5.74, 6) is 0.380. The number of carbonyl (C=O) groups excluding carboxylic acids is 1.